The Morgan fingerprint density at radius 3 is 2.28 bits per heavy atom. The molecule has 6 nitrogen and oxygen atoms in total. The van der Waals surface area contributed by atoms with Gasteiger partial charge in [0.1, 0.15) is 10.4 Å². The number of hydrogen-bond donors (Lipinski definition) is 2. The summed E-state index contributed by atoms with van der Waals surface area (Å²) in [5.74, 6) is 0. The van der Waals surface area contributed by atoms with E-state index in [4.69, 9.17) is 0 Å². The average Bonchev–Trinajstić information content (AvgIpc) is 2.67. The van der Waals surface area contributed by atoms with Gasteiger partial charge in [-0.05, 0) is 26.7 Å². The summed E-state index contributed by atoms with van der Waals surface area (Å²) in [6, 6.07) is 2.05. The molecule has 0 atom stereocenters. The molecule has 18 heavy (non-hydrogen) atoms. The normalized spacial score (nSPS) is 12.4. The molecular weight excluding hydrogens is 252 g/mol. The number of nitrogens with one attached hydrogen (secondary N) is 2. The van der Waals surface area contributed by atoms with Crippen LogP contribution >= 0.6 is 0 Å². The van der Waals surface area contributed by atoms with Gasteiger partial charge in [0.2, 0.25) is 10.0 Å². The quantitative estimate of drug-likeness (QED) is 0.844. The molecule has 0 aliphatic heterocycles. The number of aromatic nitrogens is 2. The highest BCUT2D eigenvalue weighted by Gasteiger charge is 2.34. The summed E-state index contributed by atoms with van der Waals surface area (Å²) < 4.78 is 27.1. The van der Waals surface area contributed by atoms with E-state index in [0.29, 0.717) is 24.2 Å². The van der Waals surface area contributed by atoms with Gasteiger partial charge in [-0.2, -0.15) is 15.1 Å². The van der Waals surface area contributed by atoms with E-state index >= 15 is 0 Å². The molecule has 0 fully saturated rings. The average molecular weight is 270 g/mol. The Hall–Kier alpha value is -1.39. The zero-order valence-corrected chi connectivity index (χ0v) is 11.8. The zero-order valence-electron chi connectivity index (χ0n) is 11.0. The molecule has 7 heteroatoms. The van der Waals surface area contributed by atoms with Crippen LogP contribution in [0.5, 0.6) is 0 Å². The number of aryl methyl sites for hydroxylation is 2. The Kier molecular flexibility index (Phi) is 4.14. The molecule has 0 aliphatic carbocycles. The van der Waals surface area contributed by atoms with Gasteiger partial charge < -0.3 is 0 Å². The van der Waals surface area contributed by atoms with Crippen LogP contribution in [0.15, 0.2) is 4.90 Å². The summed E-state index contributed by atoms with van der Waals surface area (Å²) in [6.45, 7) is 6.82. The van der Waals surface area contributed by atoms with Crippen molar-refractivity contribution in [1.29, 1.82) is 5.26 Å². The molecule has 1 rings (SSSR count). The lowest BCUT2D eigenvalue weighted by Crippen LogP contribution is -2.46. The maximum Gasteiger partial charge on any atom is 0.245 e. The van der Waals surface area contributed by atoms with E-state index in [-0.39, 0.29) is 4.90 Å². The van der Waals surface area contributed by atoms with Crippen LogP contribution in [0.4, 0.5) is 0 Å². The van der Waals surface area contributed by atoms with Crippen LogP contribution in [0.1, 0.15) is 38.1 Å². The summed E-state index contributed by atoms with van der Waals surface area (Å²) in [4.78, 5) is 0.129. The van der Waals surface area contributed by atoms with E-state index in [1.165, 1.54) is 0 Å². The van der Waals surface area contributed by atoms with Crippen molar-refractivity contribution in [3.63, 3.8) is 0 Å². The summed E-state index contributed by atoms with van der Waals surface area (Å²) >= 11 is 0. The first-order valence-corrected chi connectivity index (χ1v) is 7.27. The van der Waals surface area contributed by atoms with Crippen LogP contribution in [-0.2, 0) is 10.0 Å². The molecule has 0 aromatic carbocycles. The van der Waals surface area contributed by atoms with Crippen molar-refractivity contribution in [2.24, 2.45) is 0 Å². The first-order chi connectivity index (χ1) is 8.32. The third-order valence-electron chi connectivity index (χ3n) is 3.08. The Balaban J connectivity index is 3.22. The largest absolute Gasteiger partial charge is 0.281 e. The van der Waals surface area contributed by atoms with Gasteiger partial charge in [0.25, 0.3) is 0 Å². The van der Waals surface area contributed by atoms with E-state index in [1.54, 1.807) is 27.7 Å². The van der Waals surface area contributed by atoms with Crippen molar-refractivity contribution in [2.45, 2.75) is 51.0 Å². The highest BCUT2D eigenvalue weighted by Crippen LogP contribution is 2.22. The smallest absolute Gasteiger partial charge is 0.245 e. The number of sulfonamides is 1. The molecule has 1 aromatic rings. The summed E-state index contributed by atoms with van der Waals surface area (Å²) in [5, 5.41) is 15.7. The third kappa shape index (κ3) is 2.54. The number of nitrogens with zero attached hydrogens (tertiary/aromatic N) is 2. The van der Waals surface area contributed by atoms with Crippen molar-refractivity contribution in [3.05, 3.63) is 11.4 Å². The maximum atomic E-state index is 12.3. The first-order valence-electron chi connectivity index (χ1n) is 5.78. The standard InChI is InChI=1S/C11H18N4O2S/c1-5-11(6-2,7-12)15-18(16,17)10-8(3)13-14-9(10)4/h15H,5-6H2,1-4H3,(H,13,14). The van der Waals surface area contributed by atoms with Crippen molar-refractivity contribution in [2.75, 3.05) is 0 Å². The number of aromatic amines is 1. The fraction of sp³-hybridized carbons (Fsp3) is 0.636. The third-order valence-corrected chi connectivity index (χ3v) is 4.88. The number of hydrogen-bond acceptors (Lipinski definition) is 4. The van der Waals surface area contributed by atoms with E-state index in [9.17, 15) is 13.7 Å². The zero-order chi connectivity index (χ0) is 14.0. The van der Waals surface area contributed by atoms with Gasteiger partial charge >= 0.3 is 0 Å². The maximum absolute atomic E-state index is 12.3. The minimum atomic E-state index is -3.74. The molecule has 100 valence electrons. The lowest BCUT2D eigenvalue weighted by molar-refractivity contribution is 0.446. The summed E-state index contributed by atoms with van der Waals surface area (Å²) in [6.07, 6.45) is 0.824. The number of H-pyrrole nitrogens is 1. The molecule has 1 heterocycles. The van der Waals surface area contributed by atoms with Crippen LogP contribution in [0.25, 0.3) is 0 Å². The summed E-state index contributed by atoms with van der Waals surface area (Å²) in [5.41, 5.74) is -0.187. The molecule has 0 aliphatic rings. The van der Waals surface area contributed by atoms with E-state index < -0.39 is 15.6 Å². The highest BCUT2D eigenvalue weighted by atomic mass is 32.2. The summed E-state index contributed by atoms with van der Waals surface area (Å²) in [7, 11) is -3.74. The number of rotatable bonds is 5. The fourth-order valence-electron chi connectivity index (χ4n) is 1.82. The molecule has 0 amide bonds. The van der Waals surface area contributed by atoms with Crippen molar-refractivity contribution < 1.29 is 8.42 Å². The first kappa shape index (κ1) is 14.7. The highest BCUT2D eigenvalue weighted by molar-refractivity contribution is 7.89. The monoisotopic (exact) mass is 270 g/mol. The molecule has 0 radical (unpaired) electrons. The van der Waals surface area contributed by atoms with Gasteiger partial charge in [-0.3, -0.25) is 5.10 Å². The van der Waals surface area contributed by atoms with Crippen LogP contribution in [0.2, 0.25) is 0 Å². The van der Waals surface area contributed by atoms with E-state index in [0.717, 1.165) is 0 Å². The molecular formula is C11H18N4O2S. The van der Waals surface area contributed by atoms with E-state index in [1.807, 2.05) is 0 Å². The van der Waals surface area contributed by atoms with Crippen LogP contribution in [-0.4, -0.2) is 24.2 Å². The Morgan fingerprint density at radius 1 is 1.39 bits per heavy atom. The Morgan fingerprint density at radius 2 is 1.94 bits per heavy atom. The van der Waals surface area contributed by atoms with Gasteiger partial charge in [0, 0.05) is 0 Å². The minimum Gasteiger partial charge on any atom is -0.281 e. The number of nitriles is 1. The van der Waals surface area contributed by atoms with Gasteiger partial charge in [-0.25, -0.2) is 8.42 Å². The Bertz CT molecular complexity index is 545. The lowest BCUT2D eigenvalue weighted by Gasteiger charge is -2.24. The van der Waals surface area contributed by atoms with Crippen LogP contribution in [0.3, 0.4) is 0 Å². The topological polar surface area (TPSA) is 98.6 Å². The van der Waals surface area contributed by atoms with Crippen LogP contribution in [0, 0.1) is 25.2 Å². The molecule has 0 bridgehead atoms. The SMILES string of the molecule is CCC(C#N)(CC)NS(=O)(=O)c1c(C)n[nH]c1C. The second kappa shape index (κ2) is 5.08. The predicted octanol–water partition coefficient (Wildman–Crippen LogP) is 1.39. The second-order valence-electron chi connectivity index (χ2n) is 4.27. The molecule has 0 unspecified atom stereocenters. The van der Waals surface area contributed by atoms with Crippen molar-refractivity contribution in [3.8, 4) is 6.07 Å². The molecule has 0 saturated carbocycles. The van der Waals surface area contributed by atoms with Crippen LogP contribution < -0.4 is 4.72 Å². The van der Waals surface area contributed by atoms with Gasteiger partial charge in [0.05, 0.1) is 17.5 Å². The predicted molar refractivity (Wildman–Crippen MR) is 67.3 cm³/mol. The van der Waals surface area contributed by atoms with Crippen molar-refractivity contribution in [1.82, 2.24) is 14.9 Å². The molecule has 0 spiro atoms. The van der Waals surface area contributed by atoms with Crippen molar-refractivity contribution >= 4 is 10.0 Å². The van der Waals surface area contributed by atoms with E-state index in [2.05, 4.69) is 21.0 Å². The lowest BCUT2D eigenvalue weighted by atomic mass is 9.97. The van der Waals surface area contributed by atoms with Gasteiger partial charge in [-0.1, -0.05) is 13.8 Å². The Labute approximate surface area is 107 Å². The van der Waals surface area contributed by atoms with Gasteiger partial charge in [0.15, 0.2) is 0 Å². The molecule has 1 aromatic heterocycles. The minimum absolute atomic E-state index is 0.129. The molecule has 0 saturated heterocycles. The van der Waals surface area contributed by atoms with Gasteiger partial charge in [-0.15, -0.1) is 0 Å². The molecule has 2 N–H and O–H groups in total. The fourth-order valence-corrected chi connectivity index (χ4v) is 3.65. The second-order valence-corrected chi connectivity index (χ2v) is 5.89.